The summed E-state index contributed by atoms with van der Waals surface area (Å²) < 4.78 is 0. The second-order valence-corrected chi connectivity index (χ2v) is 10.2. The van der Waals surface area contributed by atoms with Crippen molar-refractivity contribution in [2.45, 2.75) is 40.4 Å². The molecule has 1 nitrogen and oxygen atoms in total. The third-order valence-electron chi connectivity index (χ3n) is 1.61. The molecule has 0 aliphatic heterocycles. The number of aldehydes is 1. The van der Waals surface area contributed by atoms with E-state index in [2.05, 4.69) is 51.9 Å². The van der Waals surface area contributed by atoms with Crippen LogP contribution in [0.3, 0.4) is 0 Å². The zero-order chi connectivity index (χ0) is 11.4. The minimum absolute atomic E-state index is 0.0342. The molecule has 0 fully saturated rings. The fourth-order valence-electron chi connectivity index (χ4n) is 0.802. The maximum atomic E-state index is 10.5. The topological polar surface area (TPSA) is 17.1 Å². The van der Waals surface area contributed by atoms with Gasteiger partial charge in [0.15, 0.2) is 0 Å². The summed E-state index contributed by atoms with van der Waals surface area (Å²) >= 11 is 0. The predicted octanol–water partition coefficient (Wildman–Crippen LogP) is 3.04. The molecule has 0 aromatic rings. The minimum Gasteiger partial charge on any atom is -0.299 e. The molecule has 0 heterocycles. The van der Waals surface area contributed by atoms with E-state index in [1.54, 1.807) is 6.08 Å². The number of hydrogen-bond donors (Lipinski definition) is 0. The van der Waals surface area contributed by atoms with Gasteiger partial charge in [0.25, 0.3) is 0 Å². The van der Waals surface area contributed by atoms with Crippen molar-refractivity contribution in [3.05, 3.63) is 11.6 Å². The van der Waals surface area contributed by atoms with Crippen LogP contribution >= 0.6 is 0 Å². The number of allylic oxidation sites excluding steroid dienone is 2. The van der Waals surface area contributed by atoms with E-state index in [1.165, 1.54) is 0 Å². The van der Waals surface area contributed by atoms with Crippen molar-refractivity contribution in [2.75, 3.05) is 0 Å². The van der Waals surface area contributed by atoms with Crippen molar-refractivity contribution in [1.82, 2.24) is 0 Å². The van der Waals surface area contributed by atoms with Gasteiger partial charge in [-0.1, -0.05) is 46.3 Å². The number of carbonyl (C=O) groups is 1. The summed E-state index contributed by atoms with van der Waals surface area (Å²) in [5.41, 5.74) is 4.17. The summed E-state index contributed by atoms with van der Waals surface area (Å²) in [6, 6.07) is 0. The molecule has 0 N–H and O–H groups in total. The van der Waals surface area contributed by atoms with Gasteiger partial charge in [-0.2, -0.15) is 0 Å². The van der Waals surface area contributed by atoms with E-state index in [4.69, 9.17) is 0 Å². The number of carbonyl (C=O) groups excluding carboxylic acids is 1. The summed E-state index contributed by atoms with van der Waals surface area (Å²) in [7, 11) is -1.35. The van der Waals surface area contributed by atoms with E-state index in [0.717, 1.165) is 11.9 Å². The van der Waals surface area contributed by atoms with Crippen LogP contribution in [0.1, 0.15) is 20.8 Å². The Hall–Kier alpha value is -0.813. The third kappa shape index (κ3) is 5.77. The molecule has 0 aromatic carbocycles. The van der Waals surface area contributed by atoms with Crippen molar-refractivity contribution in [2.24, 2.45) is 5.41 Å². The quantitative estimate of drug-likeness (QED) is 0.280. The Bertz CT molecular complexity index is 289. The molecule has 0 atom stereocenters. The van der Waals surface area contributed by atoms with Gasteiger partial charge in [-0.3, -0.25) is 4.79 Å². The molecular weight excluding hydrogens is 188 g/mol. The molecule has 0 rings (SSSR count). The zero-order valence-corrected chi connectivity index (χ0v) is 11.1. The largest absolute Gasteiger partial charge is 0.299 e. The van der Waals surface area contributed by atoms with Crippen LogP contribution in [0, 0.1) is 16.9 Å². The van der Waals surface area contributed by atoms with Crippen LogP contribution in [0.2, 0.25) is 19.6 Å². The van der Waals surface area contributed by atoms with Crippen molar-refractivity contribution < 1.29 is 4.79 Å². The molecule has 0 amide bonds. The Morgan fingerprint density at radius 2 is 1.71 bits per heavy atom. The lowest BCUT2D eigenvalue weighted by atomic mass is 9.87. The monoisotopic (exact) mass is 208 g/mol. The first-order valence-electron chi connectivity index (χ1n) is 4.86. The summed E-state index contributed by atoms with van der Waals surface area (Å²) in [6.45, 7) is 12.8. The van der Waals surface area contributed by atoms with Crippen LogP contribution in [-0.2, 0) is 4.79 Å². The SMILES string of the molecule is CC(C)(C)/C(C#C[Si](C)(C)C)=C/C=O. The van der Waals surface area contributed by atoms with Crippen molar-refractivity contribution in [3.8, 4) is 11.5 Å². The molecule has 0 aliphatic rings. The molecule has 0 unspecified atom stereocenters. The van der Waals surface area contributed by atoms with Gasteiger partial charge in [-0.25, -0.2) is 0 Å². The molecule has 78 valence electrons. The first kappa shape index (κ1) is 13.2. The molecule has 0 aliphatic carbocycles. The molecule has 0 radical (unpaired) electrons. The average Bonchev–Trinajstić information content (AvgIpc) is 1.93. The lowest BCUT2D eigenvalue weighted by Crippen LogP contribution is -2.17. The molecule has 0 saturated carbocycles. The first-order chi connectivity index (χ1) is 6.17. The Balaban J connectivity index is 4.98. The van der Waals surface area contributed by atoms with Crippen LogP contribution in [0.25, 0.3) is 0 Å². The van der Waals surface area contributed by atoms with Crippen molar-refractivity contribution in [3.63, 3.8) is 0 Å². The van der Waals surface area contributed by atoms with Gasteiger partial charge in [0.1, 0.15) is 14.4 Å². The summed E-state index contributed by atoms with van der Waals surface area (Å²) in [4.78, 5) is 10.5. The molecule has 14 heavy (non-hydrogen) atoms. The second-order valence-electron chi connectivity index (χ2n) is 5.47. The number of rotatable bonds is 1. The molecule has 0 saturated heterocycles. The smallest absolute Gasteiger partial charge is 0.143 e. The zero-order valence-electron chi connectivity index (χ0n) is 10.1. The van der Waals surface area contributed by atoms with Crippen molar-refractivity contribution >= 4 is 14.4 Å². The van der Waals surface area contributed by atoms with Gasteiger partial charge in [0.2, 0.25) is 0 Å². The summed E-state index contributed by atoms with van der Waals surface area (Å²) in [6.07, 6.45) is 2.40. The van der Waals surface area contributed by atoms with Crippen LogP contribution in [0.5, 0.6) is 0 Å². The molecular formula is C12H20OSi. The predicted molar refractivity (Wildman–Crippen MR) is 64.7 cm³/mol. The lowest BCUT2D eigenvalue weighted by Gasteiger charge is -2.18. The highest BCUT2D eigenvalue weighted by molar-refractivity contribution is 6.83. The van der Waals surface area contributed by atoms with E-state index in [9.17, 15) is 4.79 Å². The van der Waals surface area contributed by atoms with Crippen molar-refractivity contribution in [1.29, 1.82) is 0 Å². The van der Waals surface area contributed by atoms with E-state index in [-0.39, 0.29) is 5.41 Å². The summed E-state index contributed by atoms with van der Waals surface area (Å²) in [5, 5.41) is 0. The van der Waals surface area contributed by atoms with Gasteiger partial charge < -0.3 is 0 Å². The van der Waals surface area contributed by atoms with E-state index in [1.807, 2.05) is 0 Å². The van der Waals surface area contributed by atoms with Gasteiger partial charge in [-0.05, 0) is 11.5 Å². The highest BCUT2D eigenvalue weighted by Crippen LogP contribution is 2.23. The standard InChI is InChI=1S/C12H20OSi/c1-12(2,3)11(7-9-13)8-10-14(4,5)6/h7,9H,1-6H3/b11-7+. The first-order valence-corrected chi connectivity index (χ1v) is 8.36. The van der Waals surface area contributed by atoms with E-state index in [0.29, 0.717) is 0 Å². The fourth-order valence-corrected chi connectivity index (χ4v) is 1.31. The maximum Gasteiger partial charge on any atom is 0.143 e. The second kappa shape index (κ2) is 4.61. The molecule has 2 heteroatoms. The highest BCUT2D eigenvalue weighted by atomic mass is 28.3. The van der Waals surface area contributed by atoms with Gasteiger partial charge in [0, 0.05) is 5.57 Å². The van der Waals surface area contributed by atoms with Crippen LogP contribution in [0.4, 0.5) is 0 Å². The maximum absolute atomic E-state index is 10.5. The van der Waals surface area contributed by atoms with Gasteiger partial charge >= 0.3 is 0 Å². The molecule has 0 spiro atoms. The van der Waals surface area contributed by atoms with Gasteiger partial charge in [0.05, 0.1) is 0 Å². The Morgan fingerprint density at radius 3 is 2.00 bits per heavy atom. The molecule has 0 aromatic heterocycles. The average molecular weight is 208 g/mol. The minimum atomic E-state index is -1.35. The normalized spacial score (nSPS) is 13.1. The third-order valence-corrected chi connectivity index (χ3v) is 2.49. The fraction of sp³-hybridized carbons (Fsp3) is 0.583. The summed E-state index contributed by atoms with van der Waals surface area (Å²) in [5.74, 6) is 3.14. The lowest BCUT2D eigenvalue weighted by molar-refractivity contribution is -0.104. The number of hydrogen-bond acceptors (Lipinski definition) is 1. The molecule has 0 bridgehead atoms. The Kier molecular flexibility index (Phi) is 4.34. The van der Waals surface area contributed by atoms with Crippen LogP contribution < -0.4 is 0 Å². The van der Waals surface area contributed by atoms with E-state index < -0.39 is 8.07 Å². The highest BCUT2D eigenvalue weighted by Gasteiger charge is 2.15. The Morgan fingerprint density at radius 1 is 1.21 bits per heavy atom. The van der Waals surface area contributed by atoms with Gasteiger partial charge in [-0.15, -0.1) is 5.54 Å². The Labute approximate surface area is 88.6 Å². The van der Waals surface area contributed by atoms with Crippen LogP contribution in [-0.4, -0.2) is 14.4 Å². The van der Waals surface area contributed by atoms with Crippen LogP contribution in [0.15, 0.2) is 11.6 Å². The van der Waals surface area contributed by atoms with E-state index >= 15 is 0 Å².